The van der Waals surface area contributed by atoms with E-state index in [4.69, 9.17) is 5.73 Å². The summed E-state index contributed by atoms with van der Waals surface area (Å²) < 4.78 is 0. The van der Waals surface area contributed by atoms with Gasteiger partial charge in [-0.15, -0.1) is 0 Å². The molecule has 48 valence electrons. The van der Waals surface area contributed by atoms with Crippen molar-refractivity contribution in [2.45, 2.75) is 12.8 Å². The molecule has 0 fully saturated rings. The molecular formula is C6H14N2. The van der Waals surface area contributed by atoms with E-state index in [1.165, 1.54) is 0 Å². The average molecular weight is 114 g/mol. The lowest BCUT2D eigenvalue weighted by Crippen LogP contribution is -2.19. The summed E-state index contributed by atoms with van der Waals surface area (Å²) in [5.74, 6) is 0. The van der Waals surface area contributed by atoms with Crippen LogP contribution in [0.5, 0.6) is 0 Å². The second-order valence-corrected chi connectivity index (χ2v) is 1.71. The van der Waals surface area contributed by atoms with Gasteiger partial charge in [-0.1, -0.05) is 13.3 Å². The van der Waals surface area contributed by atoms with Gasteiger partial charge in [0.05, 0.1) is 0 Å². The van der Waals surface area contributed by atoms with Crippen molar-refractivity contribution in [3.63, 3.8) is 0 Å². The first-order valence-electron chi connectivity index (χ1n) is 3.06. The van der Waals surface area contributed by atoms with Crippen LogP contribution in [-0.4, -0.2) is 19.6 Å². The zero-order valence-corrected chi connectivity index (χ0v) is 5.24. The first kappa shape index (κ1) is 7.92. The van der Waals surface area contributed by atoms with Crippen LogP contribution in [0, 0.1) is 6.92 Å². The third kappa shape index (κ3) is 5.92. The highest BCUT2D eigenvalue weighted by molar-refractivity contribution is 4.48. The van der Waals surface area contributed by atoms with Gasteiger partial charge < -0.3 is 5.32 Å². The van der Waals surface area contributed by atoms with Crippen molar-refractivity contribution in [1.82, 2.24) is 11.1 Å². The zero-order chi connectivity index (χ0) is 6.24. The lowest BCUT2D eigenvalue weighted by atomic mass is 10.3. The van der Waals surface area contributed by atoms with Gasteiger partial charge in [-0.3, -0.25) is 5.73 Å². The Morgan fingerprint density at radius 2 is 2.12 bits per heavy atom. The van der Waals surface area contributed by atoms with Crippen molar-refractivity contribution in [2.75, 3.05) is 19.6 Å². The summed E-state index contributed by atoms with van der Waals surface area (Å²) in [6, 6.07) is 0. The summed E-state index contributed by atoms with van der Waals surface area (Å²) in [4.78, 5) is 0. The molecule has 0 spiro atoms. The van der Waals surface area contributed by atoms with Gasteiger partial charge >= 0.3 is 0 Å². The van der Waals surface area contributed by atoms with E-state index < -0.39 is 0 Å². The topological polar surface area (TPSA) is 35.8 Å². The van der Waals surface area contributed by atoms with Crippen molar-refractivity contribution in [3.05, 3.63) is 6.92 Å². The number of rotatable bonds is 5. The number of nitrogens with one attached hydrogen (secondary N) is 2. The van der Waals surface area contributed by atoms with Gasteiger partial charge in [0.1, 0.15) is 0 Å². The molecular weight excluding hydrogens is 100 g/mol. The predicted molar refractivity (Wildman–Crippen MR) is 35.4 cm³/mol. The molecule has 0 aromatic heterocycles. The van der Waals surface area contributed by atoms with E-state index in [2.05, 4.69) is 12.2 Å². The van der Waals surface area contributed by atoms with E-state index in [9.17, 15) is 0 Å². The summed E-state index contributed by atoms with van der Waals surface area (Å²) in [6.45, 7) is 6.02. The highest BCUT2D eigenvalue weighted by Gasteiger charge is 1.81. The van der Waals surface area contributed by atoms with Crippen LogP contribution in [0.3, 0.4) is 0 Å². The molecule has 0 rings (SSSR count). The van der Waals surface area contributed by atoms with Crippen LogP contribution < -0.4 is 11.1 Å². The third-order valence-corrected chi connectivity index (χ3v) is 0.905. The molecule has 0 saturated heterocycles. The summed E-state index contributed by atoms with van der Waals surface area (Å²) in [5.41, 5.74) is 6.76. The van der Waals surface area contributed by atoms with Crippen LogP contribution in [0.25, 0.3) is 0 Å². The fraction of sp³-hybridized carbons (Fsp3) is 0.833. The second-order valence-electron chi connectivity index (χ2n) is 1.71. The van der Waals surface area contributed by atoms with E-state index >= 15 is 0 Å². The van der Waals surface area contributed by atoms with Crippen LogP contribution in [0.4, 0.5) is 0 Å². The molecule has 0 bridgehead atoms. The molecule has 0 saturated carbocycles. The molecule has 0 aliphatic carbocycles. The second kappa shape index (κ2) is 6.92. The van der Waals surface area contributed by atoms with Crippen LogP contribution in [-0.2, 0) is 0 Å². The highest BCUT2D eigenvalue weighted by atomic mass is 14.9. The Kier molecular flexibility index (Phi) is 6.85. The molecule has 0 aliphatic heterocycles. The Labute approximate surface area is 51.5 Å². The number of hydrogen-bond donors (Lipinski definition) is 1. The van der Waals surface area contributed by atoms with Crippen LogP contribution in [0.15, 0.2) is 0 Å². The van der Waals surface area contributed by atoms with Gasteiger partial charge in [0.15, 0.2) is 0 Å². The van der Waals surface area contributed by atoms with Gasteiger partial charge in [-0.2, -0.15) is 0 Å². The van der Waals surface area contributed by atoms with E-state index in [0.29, 0.717) is 6.54 Å². The summed E-state index contributed by atoms with van der Waals surface area (Å²) in [5, 5.41) is 3.11. The largest absolute Gasteiger partial charge is 0.315 e. The van der Waals surface area contributed by atoms with Crippen molar-refractivity contribution >= 4 is 0 Å². The van der Waals surface area contributed by atoms with Crippen molar-refractivity contribution in [2.24, 2.45) is 0 Å². The Bertz CT molecular complexity index is 31.5. The molecule has 0 aliphatic rings. The SMILES string of the molecule is [CH2]CCCNCC[NH]. The predicted octanol–water partition coefficient (Wildman–Crippen LogP) is 0.473. The molecule has 0 unspecified atom stereocenters. The molecule has 2 nitrogen and oxygen atoms in total. The molecule has 8 heavy (non-hydrogen) atoms. The molecule has 0 heterocycles. The van der Waals surface area contributed by atoms with Crippen LogP contribution >= 0.6 is 0 Å². The standard InChI is InChI=1S/C6H14N2/c1-2-3-5-8-6-4-7/h7-8H,1-6H2. The maximum Gasteiger partial charge on any atom is 0.0225 e. The lowest BCUT2D eigenvalue weighted by Gasteiger charge is -1.97. The Hall–Kier alpha value is -0.0800. The lowest BCUT2D eigenvalue weighted by molar-refractivity contribution is 0.654. The van der Waals surface area contributed by atoms with Gasteiger partial charge in [-0.05, 0) is 13.0 Å². The Morgan fingerprint density at radius 3 is 2.62 bits per heavy atom. The highest BCUT2D eigenvalue weighted by Crippen LogP contribution is 1.79. The first-order valence-corrected chi connectivity index (χ1v) is 3.06. The maximum atomic E-state index is 6.76. The van der Waals surface area contributed by atoms with E-state index in [0.717, 1.165) is 25.9 Å². The smallest absolute Gasteiger partial charge is 0.0225 e. The van der Waals surface area contributed by atoms with Gasteiger partial charge in [0.25, 0.3) is 0 Å². The average Bonchev–Trinajstić information content (AvgIpc) is 1.81. The van der Waals surface area contributed by atoms with Crippen molar-refractivity contribution in [3.8, 4) is 0 Å². The quantitative estimate of drug-likeness (QED) is 0.518. The zero-order valence-electron chi connectivity index (χ0n) is 5.24. The molecule has 2 N–H and O–H groups in total. The van der Waals surface area contributed by atoms with E-state index in [1.807, 2.05) is 0 Å². The fourth-order valence-electron chi connectivity index (χ4n) is 0.463. The molecule has 0 atom stereocenters. The van der Waals surface area contributed by atoms with Gasteiger partial charge in [0.2, 0.25) is 0 Å². The van der Waals surface area contributed by atoms with Gasteiger partial charge in [0, 0.05) is 13.1 Å². The fourth-order valence-corrected chi connectivity index (χ4v) is 0.463. The van der Waals surface area contributed by atoms with Crippen molar-refractivity contribution < 1.29 is 0 Å². The minimum Gasteiger partial charge on any atom is -0.315 e. The maximum absolute atomic E-state index is 6.76. The Morgan fingerprint density at radius 1 is 1.38 bits per heavy atom. The Balaban J connectivity index is 2.53. The first-order chi connectivity index (χ1) is 3.91. The van der Waals surface area contributed by atoms with Crippen LogP contribution in [0.1, 0.15) is 12.8 Å². The minimum atomic E-state index is 0.483. The van der Waals surface area contributed by atoms with Gasteiger partial charge in [-0.25, -0.2) is 0 Å². The number of hydrogen-bond acceptors (Lipinski definition) is 1. The van der Waals surface area contributed by atoms with Crippen molar-refractivity contribution in [1.29, 1.82) is 0 Å². The van der Waals surface area contributed by atoms with E-state index in [1.54, 1.807) is 0 Å². The summed E-state index contributed by atoms with van der Waals surface area (Å²) in [6.07, 6.45) is 2.12. The molecule has 0 aromatic rings. The summed E-state index contributed by atoms with van der Waals surface area (Å²) >= 11 is 0. The minimum absolute atomic E-state index is 0.483. The molecule has 0 aromatic carbocycles. The molecule has 0 amide bonds. The van der Waals surface area contributed by atoms with E-state index in [-0.39, 0.29) is 0 Å². The molecule has 2 heteroatoms. The number of unbranched alkanes of at least 4 members (excludes halogenated alkanes) is 1. The third-order valence-electron chi connectivity index (χ3n) is 0.905. The van der Waals surface area contributed by atoms with Crippen LogP contribution in [0.2, 0.25) is 0 Å². The summed E-state index contributed by atoms with van der Waals surface area (Å²) in [7, 11) is 0. The monoisotopic (exact) mass is 114 g/mol. The normalized spacial score (nSPS) is 9.75. The molecule has 2 radical (unpaired) electrons.